The molecule has 3 nitrogen and oxygen atoms in total. The average molecular weight is 304 g/mol. The van der Waals surface area contributed by atoms with Crippen molar-refractivity contribution in [2.45, 2.75) is 23.2 Å². The van der Waals surface area contributed by atoms with E-state index in [1.54, 1.807) is 12.1 Å². The van der Waals surface area contributed by atoms with E-state index >= 15 is 0 Å². The zero-order valence-electron chi connectivity index (χ0n) is 9.03. The van der Waals surface area contributed by atoms with Gasteiger partial charge in [-0.3, -0.25) is 0 Å². The monoisotopic (exact) mass is 303 g/mol. The number of nitrogens with two attached hydrogens (primary N) is 1. The van der Waals surface area contributed by atoms with Gasteiger partial charge in [0.25, 0.3) is 0 Å². The van der Waals surface area contributed by atoms with Crippen molar-refractivity contribution in [1.29, 1.82) is 0 Å². The Morgan fingerprint density at radius 2 is 2.00 bits per heavy atom. The molecule has 0 heterocycles. The molecule has 0 atom stereocenters. The summed E-state index contributed by atoms with van der Waals surface area (Å²) in [4.78, 5) is 0.358. The summed E-state index contributed by atoms with van der Waals surface area (Å²) < 4.78 is 23.8. The minimum Gasteiger partial charge on any atom is -0.330 e. The van der Waals surface area contributed by atoms with Gasteiger partial charge in [-0.15, -0.1) is 0 Å². The summed E-state index contributed by atoms with van der Waals surface area (Å²) in [6.07, 6.45) is 3.31. The molecule has 1 aromatic carbocycles. The van der Waals surface area contributed by atoms with Crippen LogP contribution in [0.2, 0.25) is 0 Å². The molecule has 0 aliphatic heterocycles. The Morgan fingerprint density at radius 1 is 1.38 bits per heavy atom. The molecule has 0 amide bonds. The zero-order valence-corrected chi connectivity index (χ0v) is 11.4. The fourth-order valence-electron chi connectivity index (χ4n) is 1.84. The van der Waals surface area contributed by atoms with Gasteiger partial charge in [0, 0.05) is 22.7 Å². The highest BCUT2D eigenvalue weighted by Gasteiger charge is 2.43. The van der Waals surface area contributed by atoms with Crippen molar-refractivity contribution < 1.29 is 8.42 Å². The van der Waals surface area contributed by atoms with E-state index in [-0.39, 0.29) is 5.41 Å². The second-order valence-corrected chi connectivity index (χ2v) is 7.36. The van der Waals surface area contributed by atoms with E-state index in [4.69, 9.17) is 5.73 Å². The van der Waals surface area contributed by atoms with Gasteiger partial charge in [-0.05, 0) is 36.6 Å². The molecule has 1 fully saturated rings. The van der Waals surface area contributed by atoms with Crippen LogP contribution in [0.15, 0.2) is 27.6 Å². The number of hydrogen-bond acceptors (Lipinski definition) is 3. The molecule has 0 bridgehead atoms. The summed E-state index contributed by atoms with van der Waals surface area (Å²) in [7, 11) is -3.16. The van der Waals surface area contributed by atoms with Crippen LogP contribution in [0.4, 0.5) is 0 Å². The van der Waals surface area contributed by atoms with Crippen molar-refractivity contribution >= 4 is 25.8 Å². The van der Waals surface area contributed by atoms with Crippen molar-refractivity contribution in [2.75, 3.05) is 12.8 Å². The maximum absolute atomic E-state index is 11.5. The Hall–Kier alpha value is -0.390. The standard InChI is InChI=1S/C11H14BrNO2S/c1-16(14,15)10-5-8(4-9(12)6-10)11(7-13)2-3-11/h4-6H,2-3,7,13H2,1H3. The third kappa shape index (κ3) is 2.17. The molecule has 1 saturated carbocycles. The Balaban J connectivity index is 2.53. The van der Waals surface area contributed by atoms with Crippen molar-refractivity contribution in [3.8, 4) is 0 Å². The number of rotatable bonds is 3. The summed E-state index contributed by atoms with van der Waals surface area (Å²) >= 11 is 3.35. The van der Waals surface area contributed by atoms with E-state index < -0.39 is 9.84 Å². The molecule has 0 aromatic heterocycles. The predicted molar refractivity (Wildman–Crippen MR) is 67.2 cm³/mol. The molecule has 0 unspecified atom stereocenters. The Kier molecular flexibility index (Phi) is 2.88. The van der Waals surface area contributed by atoms with Crippen molar-refractivity contribution in [1.82, 2.24) is 0 Å². The normalized spacial score (nSPS) is 18.4. The van der Waals surface area contributed by atoms with Crippen LogP contribution in [0.5, 0.6) is 0 Å². The van der Waals surface area contributed by atoms with Crippen LogP contribution in [0.3, 0.4) is 0 Å². The molecule has 88 valence electrons. The van der Waals surface area contributed by atoms with Crippen LogP contribution in [-0.2, 0) is 15.3 Å². The van der Waals surface area contributed by atoms with Crippen LogP contribution >= 0.6 is 15.9 Å². The molecule has 0 radical (unpaired) electrons. The molecule has 5 heteroatoms. The van der Waals surface area contributed by atoms with Crippen molar-refractivity contribution in [3.05, 3.63) is 28.2 Å². The highest BCUT2D eigenvalue weighted by atomic mass is 79.9. The first-order valence-electron chi connectivity index (χ1n) is 5.09. The average Bonchev–Trinajstić information content (AvgIpc) is 2.96. The third-order valence-corrected chi connectivity index (χ3v) is 4.71. The number of sulfone groups is 1. The molecule has 1 aliphatic carbocycles. The summed E-state index contributed by atoms with van der Waals surface area (Å²) in [6.45, 7) is 0.576. The van der Waals surface area contributed by atoms with E-state index in [0.717, 1.165) is 22.9 Å². The van der Waals surface area contributed by atoms with Gasteiger partial charge in [-0.25, -0.2) is 8.42 Å². The Bertz CT molecular complexity index is 521. The van der Waals surface area contributed by atoms with Gasteiger partial charge in [0.05, 0.1) is 4.90 Å². The minimum absolute atomic E-state index is 0.0171. The zero-order chi connectivity index (χ0) is 12.0. The Labute approximate surface area is 104 Å². The molecule has 16 heavy (non-hydrogen) atoms. The summed E-state index contributed by atoms with van der Waals surface area (Å²) in [6, 6.07) is 5.35. The first-order chi connectivity index (χ1) is 7.37. The fourth-order valence-corrected chi connectivity index (χ4v) is 3.17. The van der Waals surface area contributed by atoms with Crippen LogP contribution < -0.4 is 5.73 Å². The lowest BCUT2D eigenvalue weighted by Crippen LogP contribution is -2.20. The molecular formula is C11H14BrNO2S. The van der Waals surface area contributed by atoms with E-state index in [9.17, 15) is 8.42 Å². The van der Waals surface area contributed by atoms with E-state index in [0.29, 0.717) is 11.4 Å². The van der Waals surface area contributed by atoms with Crippen molar-refractivity contribution in [3.63, 3.8) is 0 Å². The van der Waals surface area contributed by atoms with Crippen LogP contribution in [-0.4, -0.2) is 21.2 Å². The largest absolute Gasteiger partial charge is 0.330 e. The van der Waals surface area contributed by atoms with Gasteiger partial charge >= 0.3 is 0 Å². The van der Waals surface area contributed by atoms with Crippen LogP contribution in [0.25, 0.3) is 0 Å². The SMILES string of the molecule is CS(=O)(=O)c1cc(Br)cc(C2(CN)CC2)c1. The lowest BCUT2D eigenvalue weighted by atomic mass is 9.96. The molecule has 2 rings (SSSR count). The Morgan fingerprint density at radius 3 is 2.44 bits per heavy atom. The molecule has 0 spiro atoms. The quantitative estimate of drug-likeness (QED) is 0.927. The van der Waals surface area contributed by atoms with Gasteiger partial charge in [-0.1, -0.05) is 15.9 Å². The first-order valence-corrected chi connectivity index (χ1v) is 7.77. The van der Waals surface area contributed by atoms with Crippen LogP contribution in [0.1, 0.15) is 18.4 Å². The summed E-state index contributed by atoms with van der Waals surface area (Å²) in [5, 5.41) is 0. The fraction of sp³-hybridized carbons (Fsp3) is 0.455. The van der Waals surface area contributed by atoms with Gasteiger partial charge < -0.3 is 5.73 Å². The van der Waals surface area contributed by atoms with Gasteiger partial charge in [0.2, 0.25) is 0 Å². The van der Waals surface area contributed by atoms with E-state index in [2.05, 4.69) is 15.9 Å². The van der Waals surface area contributed by atoms with E-state index in [1.165, 1.54) is 6.26 Å². The van der Waals surface area contributed by atoms with Gasteiger partial charge in [-0.2, -0.15) is 0 Å². The lowest BCUT2D eigenvalue weighted by Gasteiger charge is -2.14. The second-order valence-electron chi connectivity index (χ2n) is 4.43. The maximum Gasteiger partial charge on any atom is 0.175 e. The maximum atomic E-state index is 11.5. The second kappa shape index (κ2) is 3.82. The minimum atomic E-state index is -3.16. The number of hydrogen-bond donors (Lipinski definition) is 1. The molecule has 0 saturated heterocycles. The lowest BCUT2D eigenvalue weighted by molar-refractivity contribution is 0.601. The van der Waals surface area contributed by atoms with Crippen molar-refractivity contribution in [2.24, 2.45) is 5.73 Å². The highest BCUT2D eigenvalue weighted by Crippen LogP contribution is 2.48. The molecule has 1 aromatic rings. The smallest absolute Gasteiger partial charge is 0.175 e. The summed E-state index contributed by atoms with van der Waals surface area (Å²) in [5.41, 5.74) is 6.79. The molecule has 2 N–H and O–H groups in total. The van der Waals surface area contributed by atoms with Crippen LogP contribution in [0, 0.1) is 0 Å². The number of halogens is 1. The van der Waals surface area contributed by atoms with Gasteiger partial charge in [0.1, 0.15) is 0 Å². The van der Waals surface area contributed by atoms with Gasteiger partial charge in [0.15, 0.2) is 9.84 Å². The predicted octanol–water partition coefficient (Wildman–Crippen LogP) is 1.84. The number of benzene rings is 1. The third-order valence-electron chi connectivity index (χ3n) is 3.16. The van der Waals surface area contributed by atoms with E-state index in [1.807, 2.05) is 6.07 Å². The topological polar surface area (TPSA) is 60.2 Å². The highest BCUT2D eigenvalue weighted by molar-refractivity contribution is 9.10. The first kappa shape index (κ1) is 12.1. The molecular weight excluding hydrogens is 290 g/mol. The summed E-state index contributed by atoms with van der Waals surface area (Å²) in [5.74, 6) is 0. The molecule has 1 aliphatic rings.